The van der Waals surface area contributed by atoms with Gasteiger partial charge in [-0.3, -0.25) is 4.99 Å². The molecule has 0 aliphatic carbocycles. The molecule has 0 atom stereocenters. The highest BCUT2D eigenvalue weighted by molar-refractivity contribution is 14.0. The Kier molecular flexibility index (Phi) is 8.79. The number of anilines is 1. The first-order valence-electron chi connectivity index (χ1n) is 6.27. The van der Waals surface area contributed by atoms with Crippen LogP contribution in [0, 0.1) is 13.8 Å². The maximum atomic E-state index is 5.81. The lowest BCUT2D eigenvalue weighted by Crippen LogP contribution is -2.22. The third-order valence-electron chi connectivity index (χ3n) is 2.82. The number of benzene rings is 1. The van der Waals surface area contributed by atoms with E-state index in [2.05, 4.69) is 43.2 Å². The Bertz CT molecular complexity index is 389. The van der Waals surface area contributed by atoms with Crippen LogP contribution in [-0.2, 0) is 0 Å². The minimum atomic E-state index is 0. The van der Waals surface area contributed by atoms with Gasteiger partial charge >= 0.3 is 0 Å². The van der Waals surface area contributed by atoms with Crippen molar-refractivity contribution in [2.75, 3.05) is 11.9 Å². The number of hydrogen-bond donors (Lipinski definition) is 2. The largest absolute Gasteiger partial charge is 0.370 e. The van der Waals surface area contributed by atoms with E-state index in [1.165, 1.54) is 24.0 Å². The number of unbranched alkanes of at least 4 members (excludes halogenated alkanes) is 2. The van der Waals surface area contributed by atoms with Gasteiger partial charge in [0, 0.05) is 12.2 Å². The number of aliphatic imine (C=N–C) groups is 1. The molecule has 0 unspecified atom stereocenters. The second-order valence-electron chi connectivity index (χ2n) is 4.40. The molecule has 0 radical (unpaired) electrons. The fourth-order valence-corrected chi connectivity index (χ4v) is 1.57. The van der Waals surface area contributed by atoms with Crippen LogP contribution in [0.3, 0.4) is 0 Å². The van der Waals surface area contributed by atoms with Crippen molar-refractivity contribution in [1.82, 2.24) is 0 Å². The molecule has 1 aromatic carbocycles. The van der Waals surface area contributed by atoms with Gasteiger partial charge in [-0.1, -0.05) is 25.8 Å². The molecule has 102 valence electrons. The number of hydrogen-bond acceptors (Lipinski definition) is 1. The summed E-state index contributed by atoms with van der Waals surface area (Å²) in [5.41, 5.74) is 9.36. The number of nitrogens with zero attached hydrogens (tertiary/aromatic N) is 1. The van der Waals surface area contributed by atoms with Gasteiger partial charge in [0.05, 0.1) is 0 Å². The highest BCUT2D eigenvalue weighted by Gasteiger charge is 1.97. The first kappa shape index (κ1) is 17.2. The van der Waals surface area contributed by atoms with Crippen LogP contribution in [0.25, 0.3) is 0 Å². The van der Waals surface area contributed by atoms with Crippen molar-refractivity contribution in [2.45, 2.75) is 40.0 Å². The summed E-state index contributed by atoms with van der Waals surface area (Å²) < 4.78 is 0. The molecule has 0 heterocycles. The Hall–Kier alpha value is -0.780. The lowest BCUT2D eigenvalue weighted by Gasteiger charge is -2.08. The molecule has 0 saturated heterocycles. The zero-order chi connectivity index (χ0) is 12.7. The fourth-order valence-electron chi connectivity index (χ4n) is 1.57. The Labute approximate surface area is 127 Å². The third kappa shape index (κ3) is 6.23. The van der Waals surface area contributed by atoms with Gasteiger partial charge in [-0.2, -0.15) is 0 Å². The third-order valence-corrected chi connectivity index (χ3v) is 2.82. The summed E-state index contributed by atoms with van der Waals surface area (Å²) in [6.07, 6.45) is 3.52. The van der Waals surface area contributed by atoms with E-state index in [-0.39, 0.29) is 24.0 Å². The molecule has 1 rings (SSSR count). The van der Waals surface area contributed by atoms with Gasteiger partial charge < -0.3 is 11.1 Å². The predicted molar refractivity (Wildman–Crippen MR) is 91.0 cm³/mol. The highest BCUT2D eigenvalue weighted by Crippen LogP contribution is 2.13. The molecule has 0 amide bonds. The molecule has 0 aliphatic rings. The van der Waals surface area contributed by atoms with E-state index < -0.39 is 0 Å². The summed E-state index contributed by atoms with van der Waals surface area (Å²) in [5, 5.41) is 3.11. The molecule has 0 aromatic heterocycles. The minimum absolute atomic E-state index is 0. The molecule has 0 spiro atoms. The zero-order valence-electron chi connectivity index (χ0n) is 11.5. The minimum Gasteiger partial charge on any atom is -0.370 e. The van der Waals surface area contributed by atoms with Gasteiger partial charge in [0.25, 0.3) is 0 Å². The second-order valence-corrected chi connectivity index (χ2v) is 4.40. The van der Waals surface area contributed by atoms with Crippen molar-refractivity contribution >= 4 is 35.6 Å². The average Bonchev–Trinajstić information content (AvgIpc) is 2.30. The quantitative estimate of drug-likeness (QED) is 0.362. The fraction of sp³-hybridized carbons (Fsp3) is 0.500. The van der Waals surface area contributed by atoms with Crippen LogP contribution in [0.5, 0.6) is 0 Å². The summed E-state index contributed by atoms with van der Waals surface area (Å²) in [6.45, 7) is 7.17. The SMILES string of the molecule is CCCCCN=C(N)Nc1ccc(C)c(C)c1.I. The molecule has 0 aliphatic heterocycles. The number of nitrogens with one attached hydrogen (secondary N) is 1. The van der Waals surface area contributed by atoms with Crippen LogP contribution in [0.15, 0.2) is 23.2 Å². The molecule has 3 nitrogen and oxygen atoms in total. The summed E-state index contributed by atoms with van der Waals surface area (Å²) in [4.78, 5) is 4.29. The van der Waals surface area contributed by atoms with Crippen molar-refractivity contribution in [3.8, 4) is 0 Å². The van der Waals surface area contributed by atoms with Crippen LogP contribution < -0.4 is 11.1 Å². The Balaban J connectivity index is 0.00000289. The lowest BCUT2D eigenvalue weighted by molar-refractivity contribution is 0.727. The average molecular weight is 361 g/mol. The van der Waals surface area contributed by atoms with Crippen molar-refractivity contribution in [1.29, 1.82) is 0 Å². The van der Waals surface area contributed by atoms with E-state index >= 15 is 0 Å². The molecule has 0 bridgehead atoms. The summed E-state index contributed by atoms with van der Waals surface area (Å²) in [6, 6.07) is 6.20. The number of halogens is 1. The smallest absolute Gasteiger partial charge is 0.193 e. The highest BCUT2D eigenvalue weighted by atomic mass is 127. The van der Waals surface area contributed by atoms with Crippen LogP contribution in [0.1, 0.15) is 37.3 Å². The normalized spacial score (nSPS) is 10.9. The number of aryl methyl sites for hydroxylation is 2. The lowest BCUT2D eigenvalue weighted by atomic mass is 10.1. The standard InChI is InChI=1S/C14H23N3.HI/c1-4-5-6-9-16-14(15)17-13-8-7-11(2)12(3)10-13;/h7-8,10H,4-6,9H2,1-3H3,(H3,15,16,17);1H. The van der Waals surface area contributed by atoms with E-state index in [9.17, 15) is 0 Å². The van der Waals surface area contributed by atoms with E-state index in [1.807, 2.05) is 6.07 Å². The van der Waals surface area contributed by atoms with E-state index in [4.69, 9.17) is 5.73 Å². The van der Waals surface area contributed by atoms with Crippen molar-refractivity contribution in [3.63, 3.8) is 0 Å². The molecular formula is C14H24IN3. The van der Waals surface area contributed by atoms with Crippen molar-refractivity contribution < 1.29 is 0 Å². The van der Waals surface area contributed by atoms with Gasteiger partial charge in [0.1, 0.15) is 0 Å². The first-order valence-corrected chi connectivity index (χ1v) is 6.27. The molecule has 0 saturated carbocycles. The Morgan fingerprint density at radius 3 is 2.56 bits per heavy atom. The first-order chi connectivity index (χ1) is 8.13. The summed E-state index contributed by atoms with van der Waals surface area (Å²) in [7, 11) is 0. The molecular weight excluding hydrogens is 337 g/mol. The van der Waals surface area contributed by atoms with Crippen LogP contribution in [-0.4, -0.2) is 12.5 Å². The van der Waals surface area contributed by atoms with Gasteiger partial charge in [0.2, 0.25) is 0 Å². The van der Waals surface area contributed by atoms with Gasteiger partial charge in [0.15, 0.2) is 5.96 Å². The molecule has 0 fully saturated rings. The summed E-state index contributed by atoms with van der Waals surface area (Å²) in [5.74, 6) is 0.504. The van der Waals surface area contributed by atoms with Gasteiger partial charge in [-0.05, 0) is 43.5 Å². The maximum absolute atomic E-state index is 5.81. The molecule has 3 N–H and O–H groups in total. The van der Waals surface area contributed by atoms with Crippen molar-refractivity contribution in [3.05, 3.63) is 29.3 Å². The number of rotatable bonds is 5. The topological polar surface area (TPSA) is 50.4 Å². The number of nitrogens with two attached hydrogens (primary N) is 1. The maximum Gasteiger partial charge on any atom is 0.193 e. The Morgan fingerprint density at radius 1 is 1.22 bits per heavy atom. The van der Waals surface area contributed by atoms with Crippen molar-refractivity contribution in [2.24, 2.45) is 10.7 Å². The van der Waals surface area contributed by atoms with Gasteiger partial charge in [-0.15, -0.1) is 24.0 Å². The van der Waals surface area contributed by atoms with Crippen LogP contribution in [0.2, 0.25) is 0 Å². The van der Waals surface area contributed by atoms with Gasteiger partial charge in [-0.25, -0.2) is 0 Å². The zero-order valence-corrected chi connectivity index (χ0v) is 13.8. The predicted octanol–water partition coefficient (Wildman–Crippen LogP) is 3.84. The van der Waals surface area contributed by atoms with E-state index in [0.29, 0.717) is 5.96 Å². The summed E-state index contributed by atoms with van der Waals surface area (Å²) >= 11 is 0. The molecule has 1 aromatic rings. The molecule has 18 heavy (non-hydrogen) atoms. The van der Waals surface area contributed by atoms with Crippen LogP contribution >= 0.6 is 24.0 Å². The molecule has 4 heteroatoms. The second kappa shape index (κ2) is 9.19. The van der Waals surface area contributed by atoms with E-state index in [0.717, 1.165) is 18.7 Å². The van der Waals surface area contributed by atoms with Crippen LogP contribution in [0.4, 0.5) is 5.69 Å². The number of guanidine groups is 1. The van der Waals surface area contributed by atoms with E-state index in [1.54, 1.807) is 0 Å². The Morgan fingerprint density at radius 2 is 1.94 bits per heavy atom. The monoisotopic (exact) mass is 361 g/mol.